The first-order valence-electron chi connectivity index (χ1n) is 6.77. The number of carbonyl (C=O) groups is 1. The fourth-order valence-corrected chi connectivity index (χ4v) is 2.36. The Hall–Kier alpha value is -1.90. The van der Waals surface area contributed by atoms with E-state index in [1.54, 1.807) is 24.3 Å². The Morgan fingerprint density at radius 1 is 1.45 bits per heavy atom. The van der Waals surface area contributed by atoms with Gasteiger partial charge >= 0.3 is 0 Å². The molecule has 20 heavy (non-hydrogen) atoms. The first kappa shape index (κ1) is 14.5. The van der Waals surface area contributed by atoms with Gasteiger partial charge in [0.05, 0.1) is 17.8 Å². The van der Waals surface area contributed by atoms with Gasteiger partial charge in [-0.2, -0.15) is 5.26 Å². The van der Waals surface area contributed by atoms with Crippen molar-refractivity contribution in [3.63, 3.8) is 0 Å². The summed E-state index contributed by atoms with van der Waals surface area (Å²) in [6, 6.07) is 9.48. The minimum atomic E-state index is -0.0957. The molecule has 0 atom stereocenters. The summed E-state index contributed by atoms with van der Waals surface area (Å²) < 4.78 is 5.32. The maximum atomic E-state index is 12.0. The van der Waals surface area contributed by atoms with Crippen molar-refractivity contribution in [3.8, 4) is 6.07 Å². The van der Waals surface area contributed by atoms with Crippen LogP contribution in [0.5, 0.6) is 0 Å². The predicted molar refractivity (Wildman–Crippen MR) is 76.3 cm³/mol. The number of nitriles is 1. The first-order valence-corrected chi connectivity index (χ1v) is 6.77. The van der Waals surface area contributed by atoms with E-state index >= 15 is 0 Å². The Kier molecular flexibility index (Phi) is 5.10. The van der Waals surface area contributed by atoms with Crippen molar-refractivity contribution < 1.29 is 9.53 Å². The van der Waals surface area contributed by atoms with E-state index < -0.39 is 0 Å². The van der Waals surface area contributed by atoms with Crippen molar-refractivity contribution in [1.29, 1.82) is 5.26 Å². The van der Waals surface area contributed by atoms with Crippen LogP contribution in [0.1, 0.15) is 18.4 Å². The number of likely N-dealkylation sites (N-methyl/N-ethyl adjacent to an activating group) is 1. The van der Waals surface area contributed by atoms with E-state index in [1.165, 1.54) is 0 Å². The summed E-state index contributed by atoms with van der Waals surface area (Å²) in [5.74, 6) is -0.0957. The molecular weight excluding hydrogens is 254 g/mol. The summed E-state index contributed by atoms with van der Waals surface area (Å²) in [4.78, 5) is 14.1. The average Bonchev–Trinajstić information content (AvgIpc) is 2.48. The molecule has 1 amide bonds. The molecule has 1 aliphatic heterocycles. The molecule has 1 aliphatic rings. The van der Waals surface area contributed by atoms with Crippen LogP contribution in [0.25, 0.3) is 0 Å². The Bertz CT molecular complexity index is 504. The van der Waals surface area contributed by atoms with E-state index in [4.69, 9.17) is 10.00 Å². The molecule has 0 aromatic heterocycles. The fraction of sp³-hybridized carbons (Fsp3) is 0.467. The molecule has 0 saturated carbocycles. The molecule has 1 aromatic carbocycles. The number of para-hydroxylation sites is 1. The molecule has 0 unspecified atom stereocenters. The number of anilines is 1. The lowest BCUT2D eigenvalue weighted by molar-refractivity contribution is -0.118. The number of ether oxygens (including phenoxy) is 1. The number of rotatable bonds is 4. The van der Waals surface area contributed by atoms with Gasteiger partial charge in [0.2, 0.25) is 5.91 Å². The highest BCUT2D eigenvalue weighted by atomic mass is 16.5. The van der Waals surface area contributed by atoms with Crippen LogP contribution in [-0.4, -0.2) is 43.7 Å². The quantitative estimate of drug-likeness (QED) is 0.905. The monoisotopic (exact) mass is 273 g/mol. The molecule has 106 valence electrons. The third-order valence-corrected chi connectivity index (χ3v) is 3.53. The second-order valence-corrected chi connectivity index (χ2v) is 4.96. The molecular formula is C15H19N3O2. The Morgan fingerprint density at radius 2 is 2.15 bits per heavy atom. The number of carbonyl (C=O) groups excluding carboxylic acids is 1. The highest BCUT2D eigenvalue weighted by molar-refractivity contribution is 5.93. The highest BCUT2D eigenvalue weighted by Gasteiger charge is 2.20. The van der Waals surface area contributed by atoms with Crippen LogP contribution < -0.4 is 5.32 Å². The lowest BCUT2D eigenvalue weighted by Crippen LogP contribution is -2.41. The highest BCUT2D eigenvalue weighted by Crippen LogP contribution is 2.15. The maximum absolute atomic E-state index is 12.0. The summed E-state index contributed by atoms with van der Waals surface area (Å²) >= 11 is 0. The standard InChI is InChI=1S/C15H19N3O2/c1-18(13-6-8-20-9-7-13)11-15(19)17-14-5-3-2-4-12(14)10-16/h2-5,13H,6-9,11H2,1H3,(H,17,19). The van der Waals surface area contributed by atoms with Crippen molar-refractivity contribution in [2.24, 2.45) is 0 Å². The normalized spacial score (nSPS) is 15.8. The molecule has 5 nitrogen and oxygen atoms in total. The van der Waals surface area contributed by atoms with E-state index in [0.717, 1.165) is 26.1 Å². The fourth-order valence-electron chi connectivity index (χ4n) is 2.36. The lowest BCUT2D eigenvalue weighted by atomic mass is 10.1. The zero-order chi connectivity index (χ0) is 14.4. The zero-order valence-electron chi connectivity index (χ0n) is 11.6. The van der Waals surface area contributed by atoms with E-state index in [0.29, 0.717) is 23.8 Å². The molecule has 0 radical (unpaired) electrons. The van der Waals surface area contributed by atoms with Gasteiger partial charge in [-0.1, -0.05) is 12.1 Å². The molecule has 0 aliphatic carbocycles. The molecule has 1 saturated heterocycles. The van der Waals surface area contributed by atoms with Gasteiger partial charge in [0, 0.05) is 19.3 Å². The van der Waals surface area contributed by atoms with Gasteiger partial charge in [-0.25, -0.2) is 0 Å². The third kappa shape index (κ3) is 3.80. The third-order valence-electron chi connectivity index (χ3n) is 3.53. The summed E-state index contributed by atoms with van der Waals surface area (Å²) in [5.41, 5.74) is 1.05. The van der Waals surface area contributed by atoms with Gasteiger partial charge in [-0.15, -0.1) is 0 Å². The van der Waals surface area contributed by atoms with Crippen molar-refractivity contribution in [2.45, 2.75) is 18.9 Å². The molecule has 5 heteroatoms. The van der Waals surface area contributed by atoms with Gasteiger partial charge in [0.15, 0.2) is 0 Å². The number of hydrogen-bond acceptors (Lipinski definition) is 4. The summed E-state index contributed by atoms with van der Waals surface area (Å²) in [5, 5.41) is 11.8. The molecule has 1 heterocycles. The van der Waals surface area contributed by atoms with E-state index in [2.05, 4.69) is 11.4 Å². The Morgan fingerprint density at radius 3 is 2.85 bits per heavy atom. The maximum Gasteiger partial charge on any atom is 0.238 e. The number of hydrogen-bond donors (Lipinski definition) is 1. The van der Waals surface area contributed by atoms with Crippen molar-refractivity contribution >= 4 is 11.6 Å². The van der Waals surface area contributed by atoms with E-state index in [1.807, 2.05) is 11.9 Å². The van der Waals surface area contributed by atoms with Crippen LogP contribution in [0.2, 0.25) is 0 Å². The average molecular weight is 273 g/mol. The van der Waals surface area contributed by atoms with Crippen molar-refractivity contribution in [1.82, 2.24) is 4.90 Å². The number of nitrogens with zero attached hydrogens (tertiary/aromatic N) is 2. The second kappa shape index (κ2) is 7.04. The predicted octanol–water partition coefficient (Wildman–Crippen LogP) is 1.61. The number of nitrogens with one attached hydrogen (secondary N) is 1. The van der Waals surface area contributed by atoms with Crippen LogP contribution in [-0.2, 0) is 9.53 Å². The largest absolute Gasteiger partial charge is 0.381 e. The SMILES string of the molecule is CN(CC(=O)Nc1ccccc1C#N)C1CCOCC1. The number of amides is 1. The summed E-state index contributed by atoms with van der Waals surface area (Å²) in [6.07, 6.45) is 1.91. The molecule has 0 spiro atoms. The molecule has 1 fully saturated rings. The first-order chi connectivity index (χ1) is 9.70. The lowest BCUT2D eigenvalue weighted by Gasteiger charge is -2.30. The van der Waals surface area contributed by atoms with Gasteiger partial charge in [0.1, 0.15) is 6.07 Å². The Labute approximate surface area is 119 Å². The van der Waals surface area contributed by atoms with Gasteiger partial charge in [-0.05, 0) is 32.0 Å². The van der Waals surface area contributed by atoms with Gasteiger partial charge < -0.3 is 10.1 Å². The molecule has 1 N–H and O–H groups in total. The smallest absolute Gasteiger partial charge is 0.238 e. The van der Waals surface area contributed by atoms with Crippen molar-refractivity contribution in [3.05, 3.63) is 29.8 Å². The van der Waals surface area contributed by atoms with Crippen molar-refractivity contribution in [2.75, 3.05) is 32.1 Å². The zero-order valence-corrected chi connectivity index (χ0v) is 11.6. The molecule has 0 bridgehead atoms. The van der Waals surface area contributed by atoms with Crippen LogP contribution in [0, 0.1) is 11.3 Å². The van der Waals surface area contributed by atoms with Crippen LogP contribution in [0.3, 0.4) is 0 Å². The summed E-state index contributed by atoms with van der Waals surface area (Å²) in [6.45, 7) is 1.84. The second-order valence-electron chi connectivity index (χ2n) is 4.96. The minimum absolute atomic E-state index is 0.0957. The van der Waals surface area contributed by atoms with E-state index in [-0.39, 0.29) is 5.91 Å². The topological polar surface area (TPSA) is 65.4 Å². The molecule has 1 aromatic rings. The molecule has 2 rings (SSSR count). The van der Waals surface area contributed by atoms with E-state index in [9.17, 15) is 4.79 Å². The minimum Gasteiger partial charge on any atom is -0.381 e. The van der Waals surface area contributed by atoms with Crippen LogP contribution in [0.15, 0.2) is 24.3 Å². The summed E-state index contributed by atoms with van der Waals surface area (Å²) in [7, 11) is 1.95. The van der Waals surface area contributed by atoms with Gasteiger partial charge in [0.25, 0.3) is 0 Å². The Balaban J connectivity index is 1.90. The van der Waals surface area contributed by atoms with Crippen LogP contribution >= 0.6 is 0 Å². The number of benzene rings is 1. The van der Waals surface area contributed by atoms with Gasteiger partial charge in [-0.3, -0.25) is 9.69 Å². The van der Waals surface area contributed by atoms with Crippen LogP contribution in [0.4, 0.5) is 5.69 Å².